The lowest BCUT2D eigenvalue weighted by Gasteiger charge is -2.13. The Morgan fingerprint density at radius 2 is 2.05 bits per heavy atom. The van der Waals surface area contributed by atoms with Crippen LogP contribution in [0.1, 0.15) is 30.1 Å². The van der Waals surface area contributed by atoms with Gasteiger partial charge in [-0.25, -0.2) is 0 Å². The maximum Gasteiger partial charge on any atom is 0.303 e. The molecule has 0 aliphatic rings. The molecule has 1 rings (SSSR count). The number of rotatable bonds is 7. The van der Waals surface area contributed by atoms with Gasteiger partial charge in [0.15, 0.2) is 0 Å². The molecule has 3 N–H and O–H groups in total. The molecule has 0 saturated carbocycles. The van der Waals surface area contributed by atoms with E-state index >= 15 is 0 Å². The van der Waals surface area contributed by atoms with Crippen molar-refractivity contribution in [3.63, 3.8) is 0 Å². The molecule has 0 heterocycles. The first-order valence-corrected chi connectivity index (χ1v) is 7.22. The fourth-order valence-corrected chi connectivity index (χ4v) is 2.03. The first-order valence-electron chi connectivity index (χ1n) is 6.43. The topological polar surface area (TPSA) is 95.5 Å². The van der Waals surface area contributed by atoms with Gasteiger partial charge in [0.25, 0.3) is 5.91 Å². The molecule has 1 unspecified atom stereocenters. The molecule has 0 saturated heterocycles. The fraction of sp³-hybridized carbons (Fsp3) is 0.357. The maximum atomic E-state index is 11.8. The van der Waals surface area contributed by atoms with E-state index in [2.05, 4.69) is 26.6 Å². The predicted octanol–water partition coefficient (Wildman–Crippen LogP) is 1.55. The van der Waals surface area contributed by atoms with E-state index in [0.717, 1.165) is 4.47 Å². The molecule has 0 radical (unpaired) electrons. The van der Waals surface area contributed by atoms with Crippen molar-refractivity contribution in [2.75, 3.05) is 6.54 Å². The molecule has 0 aromatic heterocycles. The zero-order chi connectivity index (χ0) is 15.8. The summed E-state index contributed by atoms with van der Waals surface area (Å²) in [5.74, 6) is -1.60. The van der Waals surface area contributed by atoms with E-state index in [0.29, 0.717) is 12.0 Å². The highest BCUT2D eigenvalue weighted by atomic mass is 79.9. The van der Waals surface area contributed by atoms with Gasteiger partial charge in [-0.3, -0.25) is 14.4 Å². The molecule has 0 spiro atoms. The summed E-state index contributed by atoms with van der Waals surface area (Å²) in [4.78, 5) is 33.8. The zero-order valence-corrected chi connectivity index (χ0v) is 13.1. The number of aliphatic carboxylic acids is 1. The average molecular weight is 357 g/mol. The Hall–Kier alpha value is -1.89. The summed E-state index contributed by atoms with van der Waals surface area (Å²) in [5.41, 5.74) is 0.455. The molecule has 0 bridgehead atoms. The molecule has 21 heavy (non-hydrogen) atoms. The zero-order valence-electron chi connectivity index (χ0n) is 11.6. The summed E-state index contributed by atoms with van der Waals surface area (Å²) in [7, 11) is 0. The minimum atomic E-state index is -0.904. The van der Waals surface area contributed by atoms with Crippen molar-refractivity contribution >= 4 is 33.7 Å². The fourth-order valence-electron chi connectivity index (χ4n) is 1.63. The second kappa shape index (κ2) is 8.41. The molecular weight excluding hydrogens is 340 g/mol. The van der Waals surface area contributed by atoms with Gasteiger partial charge in [0.05, 0.1) is 6.54 Å². The third-order valence-corrected chi connectivity index (χ3v) is 3.19. The van der Waals surface area contributed by atoms with E-state index in [1.54, 1.807) is 31.2 Å². The lowest BCUT2D eigenvalue weighted by molar-refractivity contribution is -0.137. The van der Waals surface area contributed by atoms with E-state index in [4.69, 9.17) is 5.11 Å². The number of halogens is 1. The van der Waals surface area contributed by atoms with Crippen LogP contribution >= 0.6 is 15.9 Å². The van der Waals surface area contributed by atoms with Crippen LogP contribution in [0.5, 0.6) is 0 Å². The monoisotopic (exact) mass is 356 g/mol. The summed E-state index contributed by atoms with van der Waals surface area (Å²) >= 11 is 3.26. The van der Waals surface area contributed by atoms with E-state index in [-0.39, 0.29) is 30.8 Å². The maximum absolute atomic E-state index is 11.8. The van der Waals surface area contributed by atoms with Crippen LogP contribution < -0.4 is 10.6 Å². The molecule has 1 aromatic rings. The minimum Gasteiger partial charge on any atom is -0.481 e. The second-order valence-corrected chi connectivity index (χ2v) is 5.51. The van der Waals surface area contributed by atoms with Crippen LogP contribution in [0, 0.1) is 0 Å². The molecule has 114 valence electrons. The number of benzene rings is 1. The second-order valence-electron chi connectivity index (χ2n) is 4.59. The summed E-state index contributed by atoms with van der Waals surface area (Å²) in [5, 5.41) is 13.7. The number of hydrogen-bond acceptors (Lipinski definition) is 3. The van der Waals surface area contributed by atoms with Gasteiger partial charge in [0.1, 0.15) is 0 Å². The number of carbonyl (C=O) groups is 3. The Bertz CT molecular complexity index is 533. The molecule has 7 heteroatoms. The summed E-state index contributed by atoms with van der Waals surface area (Å²) in [6, 6.07) is 6.58. The molecule has 2 amide bonds. The number of amides is 2. The number of carbonyl (C=O) groups excluding carboxylic acids is 2. The molecule has 6 nitrogen and oxygen atoms in total. The van der Waals surface area contributed by atoms with Gasteiger partial charge in [-0.05, 0) is 31.5 Å². The summed E-state index contributed by atoms with van der Waals surface area (Å²) < 4.78 is 0.780. The van der Waals surface area contributed by atoms with Crippen molar-refractivity contribution in [3.05, 3.63) is 34.3 Å². The number of nitrogens with one attached hydrogen (secondary N) is 2. The van der Waals surface area contributed by atoms with Crippen LogP contribution in [0.15, 0.2) is 28.7 Å². The quantitative estimate of drug-likeness (QED) is 0.690. The Kier molecular flexibility index (Phi) is 6.87. The van der Waals surface area contributed by atoms with Crippen LogP contribution in [-0.4, -0.2) is 35.5 Å². The highest BCUT2D eigenvalue weighted by molar-refractivity contribution is 9.10. The molecule has 0 fully saturated rings. The highest BCUT2D eigenvalue weighted by Crippen LogP contribution is 2.11. The van der Waals surface area contributed by atoms with E-state index < -0.39 is 5.97 Å². The van der Waals surface area contributed by atoms with Gasteiger partial charge >= 0.3 is 5.97 Å². The third-order valence-electron chi connectivity index (χ3n) is 2.69. The Morgan fingerprint density at radius 1 is 1.33 bits per heavy atom. The summed E-state index contributed by atoms with van der Waals surface area (Å²) in [6.45, 7) is 1.57. The van der Waals surface area contributed by atoms with Crippen LogP contribution in [0.3, 0.4) is 0 Å². The van der Waals surface area contributed by atoms with Crippen LogP contribution in [0.25, 0.3) is 0 Å². The molecule has 1 aromatic carbocycles. The van der Waals surface area contributed by atoms with Gasteiger partial charge in [-0.1, -0.05) is 22.0 Å². The Labute approximate surface area is 131 Å². The Balaban J connectivity index is 2.35. The SMILES string of the molecule is CC(CCC(=O)O)NC(=O)CNC(=O)c1cccc(Br)c1. The number of hydrogen-bond donors (Lipinski definition) is 3. The summed E-state index contributed by atoms with van der Waals surface area (Å²) in [6.07, 6.45) is 0.340. The van der Waals surface area contributed by atoms with Gasteiger partial charge in [-0.15, -0.1) is 0 Å². The van der Waals surface area contributed by atoms with Crippen molar-refractivity contribution in [3.8, 4) is 0 Å². The van der Waals surface area contributed by atoms with E-state index in [1.807, 2.05) is 0 Å². The van der Waals surface area contributed by atoms with E-state index in [9.17, 15) is 14.4 Å². The van der Waals surface area contributed by atoms with Crippen molar-refractivity contribution in [2.24, 2.45) is 0 Å². The van der Waals surface area contributed by atoms with Crippen molar-refractivity contribution in [1.82, 2.24) is 10.6 Å². The van der Waals surface area contributed by atoms with Gasteiger partial charge in [0.2, 0.25) is 5.91 Å². The first-order chi connectivity index (χ1) is 9.88. The molecular formula is C14H17BrN2O4. The molecule has 0 aliphatic carbocycles. The molecule has 0 aliphatic heterocycles. The van der Waals surface area contributed by atoms with Gasteiger partial charge in [-0.2, -0.15) is 0 Å². The van der Waals surface area contributed by atoms with Gasteiger partial charge in [0, 0.05) is 22.5 Å². The highest BCUT2D eigenvalue weighted by Gasteiger charge is 2.11. The predicted molar refractivity (Wildman–Crippen MR) is 80.9 cm³/mol. The number of carboxylic acids is 1. The minimum absolute atomic E-state index is 0.00809. The van der Waals surface area contributed by atoms with E-state index in [1.165, 1.54) is 0 Å². The number of carboxylic acid groups (broad SMARTS) is 1. The van der Waals surface area contributed by atoms with Crippen LogP contribution in [0.4, 0.5) is 0 Å². The molecule has 1 atom stereocenters. The smallest absolute Gasteiger partial charge is 0.303 e. The normalized spacial score (nSPS) is 11.5. The van der Waals surface area contributed by atoms with Crippen LogP contribution in [0.2, 0.25) is 0 Å². The Morgan fingerprint density at radius 3 is 2.67 bits per heavy atom. The third kappa shape index (κ3) is 6.89. The lowest BCUT2D eigenvalue weighted by atomic mass is 10.2. The van der Waals surface area contributed by atoms with Crippen molar-refractivity contribution < 1.29 is 19.5 Å². The standard InChI is InChI=1S/C14H17BrN2O4/c1-9(5-6-13(19)20)17-12(18)8-16-14(21)10-3-2-4-11(15)7-10/h2-4,7,9H,5-6,8H2,1H3,(H,16,21)(H,17,18)(H,19,20). The first kappa shape index (κ1) is 17.2. The van der Waals surface area contributed by atoms with Gasteiger partial charge < -0.3 is 15.7 Å². The van der Waals surface area contributed by atoms with Crippen LogP contribution in [-0.2, 0) is 9.59 Å². The lowest BCUT2D eigenvalue weighted by Crippen LogP contribution is -2.41. The van der Waals surface area contributed by atoms with Crippen molar-refractivity contribution in [1.29, 1.82) is 0 Å². The average Bonchev–Trinajstić information content (AvgIpc) is 2.42. The van der Waals surface area contributed by atoms with Crippen molar-refractivity contribution in [2.45, 2.75) is 25.8 Å². The largest absolute Gasteiger partial charge is 0.481 e.